The Labute approximate surface area is 111 Å². The minimum atomic E-state index is 0.805. The van der Waals surface area contributed by atoms with E-state index in [0.29, 0.717) is 0 Å². The molecule has 1 aromatic carbocycles. The lowest BCUT2D eigenvalue weighted by Crippen LogP contribution is -2.34. The zero-order valence-corrected chi connectivity index (χ0v) is 11.7. The first-order valence-electron chi connectivity index (χ1n) is 7.43. The van der Waals surface area contributed by atoms with Gasteiger partial charge in [0.05, 0.1) is 0 Å². The van der Waals surface area contributed by atoms with Crippen molar-refractivity contribution in [3.8, 4) is 0 Å². The molecule has 3 rings (SSSR count). The molecule has 1 heteroatoms. The molecule has 0 aromatic heterocycles. The molecule has 1 nitrogen and oxygen atoms in total. The molecule has 3 unspecified atom stereocenters. The van der Waals surface area contributed by atoms with E-state index in [9.17, 15) is 0 Å². The van der Waals surface area contributed by atoms with Crippen LogP contribution in [0.1, 0.15) is 37.2 Å². The molecule has 2 bridgehead atoms. The third-order valence-corrected chi connectivity index (χ3v) is 5.10. The van der Waals surface area contributed by atoms with Crippen LogP contribution in [-0.2, 0) is 0 Å². The third kappa shape index (κ3) is 2.33. The van der Waals surface area contributed by atoms with Crippen molar-refractivity contribution in [1.29, 1.82) is 0 Å². The van der Waals surface area contributed by atoms with Gasteiger partial charge in [-0.25, -0.2) is 0 Å². The van der Waals surface area contributed by atoms with Crippen molar-refractivity contribution in [3.05, 3.63) is 35.9 Å². The van der Waals surface area contributed by atoms with Crippen LogP contribution < -0.4 is 0 Å². The molecule has 0 aliphatic heterocycles. The summed E-state index contributed by atoms with van der Waals surface area (Å²) >= 11 is 0. The molecule has 0 spiro atoms. The molecule has 98 valence electrons. The molecule has 0 heterocycles. The maximum atomic E-state index is 2.39. The van der Waals surface area contributed by atoms with Gasteiger partial charge in [0.1, 0.15) is 0 Å². The molecule has 2 saturated carbocycles. The van der Waals surface area contributed by atoms with E-state index in [0.717, 1.165) is 23.7 Å². The van der Waals surface area contributed by atoms with Crippen molar-refractivity contribution < 1.29 is 0 Å². The summed E-state index contributed by atoms with van der Waals surface area (Å²) in [4.78, 5) is 2.39. The second-order valence-electron chi connectivity index (χ2n) is 6.62. The van der Waals surface area contributed by atoms with Crippen molar-refractivity contribution in [2.45, 2.75) is 31.6 Å². The Hall–Kier alpha value is -0.820. The second kappa shape index (κ2) is 5.05. The molecule has 18 heavy (non-hydrogen) atoms. The minimum Gasteiger partial charge on any atom is -0.309 e. The highest BCUT2D eigenvalue weighted by atomic mass is 15.1. The highest BCUT2D eigenvalue weighted by Crippen LogP contribution is 2.51. The molecular weight excluding hydrogens is 218 g/mol. The summed E-state index contributed by atoms with van der Waals surface area (Å²) < 4.78 is 0. The van der Waals surface area contributed by atoms with E-state index in [-0.39, 0.29) is 0 Å². The highest BCUT2D eigenvalue weighted by molar-refractivity contribution is 5.22. The van der Waals surface area contributed by atoms with Gasteiger partial charge in [0.2, 0.25) is 0 Å². The lowest BCUT2D eigenvalue weighted by atomic mass is 9.69. The van der Waals surface area contributed by atoms with Crippen LogP contribution in [-0.4, -0.2) is 25.5 Å². The molecule has 2 fully saturated rings. The molecule has 4 atom stereocenters. The van der Waals surface area contributed by atoms with Gasteiger partial charge < -0.3 is 4.90 Å². The van der Waals surface area contributed by atoms with Crippen LogP contribution in [0.3, 0.4) is 0 Å². The normalized spacial score (nSPS) is 35.1. The average Bonchev–Trinajstić information content (AvgIpc) is 2.77. The van der Waals surface area contributed by atoms with E-state index in [1.54, 1.807) is 5.56 Å². The Balaban J connectivity index is 1.85. The Kier molecular flexibility index (Phi) is 3.43. The standard InChI is InChI=1S/C17H25N/c1-18(2)12-17-15-9-8-13(10-15)11-16(17)14-6-4-3-5-7-14/h3-7,13,15-17H,8-12H2,1-2H3/t13-,15?,16?,17?/m1/s1. The molecular formula is C17H25N. The van der Waals surface area contributed by atoms with Gasteiger partial charge in [-0.2, -0.15) is 0 Å². The maximum absolute atomic E-state index is 2.39. The smallest absolute Gasteiger partial charge is 0.00121 e. The minimum absolute atomic E-state index is 0.805. The van der Waals surface area contributed by atoms with Crippen molar-refractivity contribution in [1.82, 2.24) is 4.90 Å². The summed E-state index contributed by atoms with van der Waals surface area (Å²) in [5.74, 6) is 3.68. The number of nitrogens with zero attached hydrogens (tertiary/aromatic N) is 1. The first kappa shape index (κ1) is 12.2. The SMILES string of the molecule is CN(C)CC1C2CC[C@H](C2)CC1c1ccccc1. The van der Waals surface area contributed by atoms with E-state index in [1.807, 2.05) is 0 Å². The van der Waals surface area contributed by atoms with Gasteiger partial charge in [0.15, 0.2) is 0 Å². The van der Waals surface area contributed by atoms with Crippen LogP contribution in [0, 0.1) is 17.8 Å². The fraction of sp³-hybridized carbons (Fsp3) is 0.647. The van der Waals surface area contributed by atoms with Crippen molar-refractivity contribution in [2.75, 3.05) is 20.6 Å². The van der Waals surface area contributed by atoms with Crippen molar-refractivity contribution >= 4 is 0 Å². The van der Waals surface area contributed by atoms with E-state index >= 15 is 0 Å². The Morgan fingerprint density at radius 3 is 2.56 bits per heavy atom. The first-order valence-corrected chi connectivity index (χ1v) is 7.43. The fourth-order valence-electron chi connectivity index (χ4n) is 4.36. The lowest BCUT2D eigenvalue weighted by molar-refractivity contribution is 0.165. The van der Waals surface area contributed by atoms with Gasteiger partial charge in [-0.15, -0.1) is 0 Å². The van der Waals surface area contributed by atoms with Crippen molar-refractivity contribution in [3.63, 3.8) is 0 Å². The Morgan fingerprint density at radius 1 is 1.06 bits per heavy atom. The summed E-state index contributed by atoms with van der Waals surface area (Å²) in [5, 5.41) is 0. The average molecular weight is 243 g/mol. The van der Waals surface area contributed by atoms with Gasteiger partial charge in [-0.1, -0.05) is 36.8 Å². The van der Waals surface area contributed by atoms with Crippen LogP contribution in [0.5, 0.6) is 0 Å². The molecule has 0 N–H and O–H groups in total. The summed E-state index contributed by atoms with van der Waals surface area (Å²) in [7, 11) is 4.45. The maximum Gasteiger partial charge on any atom is 0.00121 e. The van der Waals surface area contributed by atoms with Crippen LogP contribution in [0.4, 0.5) is 0 Å². The van der Waals surface area contributed by atoms with E-state index < -0.39 is 0 Å². The highest BCUT2D eigenvalue weighted by Gasteiger charge is 2.42. The molecule has 2 aliphatic rings. The van der Waals surface area contributed by atoms with Gasteiger partial charge in [0.25, 0.3) is 0 Å². The van der Waals surface area contributed by atoms with Gasteiger partial charge in [-0.05, 0) is 62.6 Å². The van der Waals surface area contributed by atoms with Crippen LogP contribution in [0.2, 0.25) is 0 Å². The summed E-state index contributed by atoms with van der Waals surface area (Å²) in [6.45, 7) is 1.26. The largest absolute Gasteiger partial charge is 0.309 e. The number of benzene rings is 1. The zero-order valence-electron chi connectivity index (χ0n) is 11.7. The molecule has 0 saturated heterocycles. The fourth-order valence-corrected chi connectivity index (χ4v) is 4.36. The predicted molar refractivity (Wildman–Crippen MR) is 76.7 cm³/mol. The van der Waals surface area contributed by atoms with Gasteiger partial charge in [0, 0.05) is 6.54 Å². The number of rotatable bonds is 3. The quantitative estimate of drug-likeness (QED) is 0.781. The Bertz CT molecular complexity index is 384. The van der Waals surface area contributed by atoms with Crippen LogP contribution in [0.15, 0.2) is 30.3 Å². The van der Waals surface area contributed by atoms with Crippen molar-refractivity contribution in [2.24, 2.45) is 17.8 Å². The Morgan fingerprint density at radius 2 is 1.83 bits per heavy atom. The van der Waals surface area contributed by atoms with E-state index in [4.69, 9.17) is 0 Å². The van der Waals surface area contributed by atoms with Gasteiger partial charge in [-0.3, -0.25) is 0 Å². The van der Waals surface area contributed by atoms with Crippen LogP contribution >= 0.6 is 0 Å². The van der Waals surface area contributed by atoms with Gasteiger partial charge >= 0.3 is 0 Å². The molecule has 2 aliphatic carbocycles. The van der Waals surface area contributed by atoms with Crippen LogP contribution in [0.25, 0.3) is 0 Å². The summed E-state index contributed by atoms with van der Waals surface area (Å²) in [6.07, 6.45) is 5.89. The third-order valence-electron chi connectivity index (χ3n) is 5.10. The first-order chi connectivity index (χ1) is 8.74. The summed E-state index contributed by atoms with van der Waals surface area (Å²) in [6, 6.07) is 11.2. The molecule has 1 aromatic rings. The lowest BCUT2D eigenvalue weighted by Gasteiger charge is -2.38. The zero-order chi connectivity index (χ0) is 12.5. The number of hydrogen-bond acceptors (Lipinski definition) is 1. The van der Waals surface area contributed by atoms with E-state index in [2.05, 4.69) is 49.3 Å². The van der Waals surface area contributed by atoms with E-state index in [1.165, 1.54) is 32.2 Å². The number of hydrogen-bond donors (Lipinski definition) is 0. The molecule has 0 amide bonds. The summed E-state index contributed by atoms with van der Waals surface area (Å²) in [5.41, 5.74) is 1.58. The topological polar surface area (TPSA) is 3.24 Å². The molecule has 0 radical (unpaired) electrons. The monoisotopic (exact) mass is 243 g/mol. The number of fused-ring (bicyclic) bond motifs is 2. The predicted octanol–water partition coefficient (Wildman–Crippen LogP) is 3.77. The second-order valence-corrected chi connectivity index (χ2v) is 6.62.